The predicted octanol–water partition coefficient (Wildman–Crippen LogP) is 11.5. The molecular formula is C41H72NO7P. The highest BCUT2D eigenvalue weighted by atomic mass is 31.2. The van der Waals surface area contributed by atoms with Crippen molar-refractivity contribution in [3.8, 4) is 0 Å². The molecule has 0 bridgehead atoms. The number of esters is 1. The molecule has 0 rings (SSSR count). The van der Waals surface area contributed by atoms with E-state index < -0.39 is 19.9 Å². The van der Waals surface area contributed by atoms with E-state index in [2.05, 4.69) is 74.6 Å². The number of hydrogen-bond acceptors (Lipinski definition) is 7. The van der Waals surface area contributed by atoms with Crippen LogP contribution in [-0.2, 0) is 27.9 Å². The molecule has 0 aromatic rings. The molecule has 288 valence electrons. The SMILES string of the molecule is CCC=CCC=CCC=CCC=CCCCCC(=O)OC(COC=CCCCCCCCCC=CCCCCCC)COP(=O)(O)OCCN. The smallest absolute Gasteiger partial charge is 0.472 e. The summed E-state index contributed by atoms with van der Waals surface area (Å²) in [4.78, 5) is 22.4. The molecule has 0 aliphatic heterocycles. The lowest BCUT2D eigenvalue weighted by atomic mass is 10.1. The normalized spacial score (nSPS) is 14.3. The van der Waals surface area contributed by atoms with E-state index in [-0.39, 0.29) is 32.8 Å². The summed E-state index contributed by atoms with van der Waals surface area (Å²) >= 11 is 0. The van der Waals surface area contributed by atoms with Crippen molar-refractivity contribution < 1.29 is 32.8 Å². The van der Waals surface area contributed by atoms with Crippen molar-refractivity contribution in [2.24, 2.45) is 5.73 Å². The first-order valence-corrected chi connectivity index (χ1v) is 21.0. The second-order valence-electron chi connectivity index (χ2n) is 12.5. The fourth-order valence-electron chi connectivity index (χ4n) is 4.83. The van der Waals surface area contributed by atoms with E-state index in [4.69, 9.17) is 24.3 Å². The first kappa shape index (κ1) is 47.8. The number of rotatable bonds is 36. The number of hydrogen-bond donors (Lipinski definition) is 2. The molecule has 0 aromatic heterocycles. The molecule has 0 radical (unpaired) electrons. The molecule has 50 heavy (non-hydrogen) atoms. The van der Waals surface area contributed by atoms with Gasteiger partial charge in [-0.15, -0.1) is 0 Å². The maximum absolute atomic E-state index is 12.5. The molecule has 8 nitrogen and oxygen atoms in total. The van der Waals surface area contributed by atoms with Crippen LogP contribution >= 0.6 is 7.82 Å². The van der Waals surface area contributed by atoms with Crippen LogP contribution in [0.1, 0.15) is 149 Å². The second-order valence-corrected chi connectivity index (χ2v) is 13.9. The Bertz CT molecular complexity index is 989. The van der Waals surface area contributed by atoms with Crippen molar-refractivity contribution in [1.29, 1.82) is 0 Å². The van der Waals surface area contributed by atoms with E-state index in [1.807, 2.05) is 6.08 Å². The van der Waals surface area contributed by atoms with Crippen molar-refractivity contribution >= 4 is 13.8 Å². The monoisotopic (exact) mass is 722 g/mol. The topological polar surface area (TPSA) is 117 Å². The Morgan fingerprint density at radius 2 is 1.14 bits per heavy atom. The zero-order valence-corrected chi connectivity index (χ0v) is 32.5. The zero-order chi connectivity index (χ0) is 36.6. The van der Waals surface area contributed by atoms with E-state index in [1.54, 1.807) is 6.26 Å². The molecule has 2 atom stereocenters. The number of allylic oxidation sites excluding steroid dienone is 11. The highest BCUT2D eigenvalue weighted by Crippen LogP contribution is 2.43. The molecule has 0 aromatic carbocycles. The van der Waals surface area contributed by atoms with Crippen LogP contribution in [-0.4, -0.2) is 43.3 Å². The van der Waals surface area contributed by atoms with Crippen LogP contribution in [0.2, 0.25) is 0 Å². The number of phosphoric ester groups is 1. The Hall–Kier alpha value is -2.22. The Labute approximate surface area is 305 Å². The van der Waals surface area contributed by atoms with E-state index in [1.165, 1.54) is 70.6 Å². The first-order valence-electron chi connectivity index (χ1n) is 19.5. The third kappa shape index (κ3) is 37.0. The quantitative estimate of drug-likeness (QED) is 0.0216. The van der Waals surface area contributed by atoms with Gasteiger partial charge in [0.15, 0.2) is 6.10 Å². The third-order valence-corrected chi connectivity index (χ3v) is 8.66. The molecule has 9 heteroatoms. The van der Waals surface area contributed by atoms with Gasteiger partial charge in [-0.3, -0.25) is 13.8 Å². The number of carbonyl (C=O) groups excluding carboxylic acids is 1. The van der Waals surface area contributed by atoms with Crippen molar-refractivity contribution in [3.63, 3.8) is 0 Å². The number of ether oxygens (including phenoxy) is 2. The van der Waals surface area contributed by atoms with Gasteiger partial charge in [0.25, 0.3) is 0 Å². The largest absolute Gasteiger partial charge is 0.498 e. The summed E-state index contributed by atoms with van der Waals surface area (Å²) < 4.78 is 33.0. The lowest BCUT2D eigenvalue weighted by molar-refractivity contribution is -0.153. The Balaban J connectivity index is 4.24. The Kier molecular flexibility index (Phi) is 36.3. The molecule has 0 amide bonds. The van der Waals surface area contributed by atoms with E-state index >= 15 is 0 Å². The fourth-order valence-corrected chi connectivity index (χ4v) is 5.59. The van der Waals surface area contributed by atoms with Crippen molar-refractivity contribution in [2.45, 2.75) is 155 Å². The number of nitrogens with two attached hydrogens (primary N) is 1. The molecule has 0 aliphatic rings. The van der Waals surface area contributed by atoms with Crippen molar-refractivity contribution in [1.82, 2.24) is 0 Å². The maximum atomic E-state index is 12.5. The molecule has 2 unspecified atom stereocenters. The number of phosphoric acid groups is 1. The van der Waals surface area contributed by atoms with Crippen LogP contribution in [0.25, 0.3) is 0 Å². The van der Waals surface area contributed by atoms with Gasteiger partial charge in [-0.1, -0.05) is 120 Å². The summed E-state index contributed by atoms with van der Waals surface area (Å²) in [5, 5.41) is 0. The first-order chi connectivity index (χ1) is 24.4. The zero-order valence-electron chi connectivity index (χ0n) is 31.6. The fraction of sp³-hybridized carbons (Fsp3) is 0.683. The minimum atomic E-state index is -4.30. The van der Waals surface area contributed by atoms with Crippen LogP contribution in [0.4, 0.5) is 0 Å². The molecule has 0 saturated heterocycles. The minimum absolute atomic E-state index is 0.00820. The van der Waals surface area contributed by atoms with Gasteiger partial charge >= 0.3 is 13.8 Å². The van der Waals surface area contributed by atoms with Gasteiger partial charge in [-0.25, -0.2) is 4.57 Å². The van der Waals surface area contributed by atoms with Crippen LogP contribution in [0.3, 0.4) is 0 Å². The summed E-state index contributed by atoms with van der Waals surface area (Å²) in [6, 6.07) is 0. The molecular weight excluding hydrogens is 649 g/mol. The van der Waals surface area contributed by atoms with E-state index in [0.717, 1.165) is 51.4 Å². The lowest BCUT2D eigenvalue weighted by Crippen LogP contribution is -2.27. The molecule has 0 saturated carbocycles. The standard InChI is InChI=1S/C41H72NO7P/c1-3-5-7-9-11-13-15-17-19-21-23-25-27-29-31-33-36-46-38-40(39-48-50(44,45)47-37-35-42)49-41(43)34-32-30-28-26-24-22-20-18-16-14-12-10-8-6-4-2/h6,8,12-15,18,20,24,26,33,36,40H,3-5,7,9-11,16-17,19,21-23,25,27-32,34-35,37-39,42H2,1-2H3,(H,44,45). The van der Waals surface area contributed by atoms with Crippen LogP contribution in [0, 0.1) is 0 Å². The van der Waals surface area contributed by atoms with Gasteiger partial charge in [0, 0.05) is 13.0 Å². The molecule has 3 N–H and O–H groups in total. The highest BCUT2D eigenvalue weighted by molar-refractivity contribution is 7.47. The minimum Gasteiger partial charge on any atom is -0.498 e. The van der Waals surface area contributed by atoms with Gasteiger partial charge in [0.05, 0.1) is 19.5 Å². The van der Waals surface area contributed by atoms with Crippen LogP contribution < -0.4 is 5.73 Å². The maximum Gasteiger partial charge on any atom is 0.472 e. The van der Waals surface area contributed by atoms with E-state index in [0.29, 0.717) is 6.42 Å². The average Bonchev–Trinajstić information content (AvgIpc) is 3.10. The van der Waals surface area contributed by atoms with Crippen LogP contribution in [0.5, 0.6) is 0 Å². The highest BCUT2D eigenvalue weighted by Gasteiger charge is 2.25. The predicted molar refractivity (Wildman–Crippen MR) is 210 cm³/mol. The third-order valence-electron chi connectivity index (χ3n) is 7.67. The molecule has 0 spiro atoms. The second kappa shape index (κ2) is 38.0. The number of unbranched alkanes of at least 4 members (excludes halogenated alkanes) is 13. The molecule has 0 aliphatic carbocycles. The summed E-state index contributed by atoms with van der Waals surface area (Å²) in [6.07, 6.45) is 47.3. The van der Waals surface area contributed by atoms with Crippen LogP contribution in [0.15, 0.2) is 73.1 Å². The van der Waals surface area contributed by atoms with Gasteiger partial charge < -0.3 is 20.1 Å². The lowest BCUT2D eigenvalue weighted by Gasteiger charge is -2.19. The van der Waals surface area contributed by atoms with E-state index in [9.17, 15) is 14.3 Å². The summed E-state index contributed by atoms with van der Waals surface area (Å²) in [7, 11) is -4.30. The van der Waals surface area contributed by atoms with Crippen molar-refractivity contribution in [3.05, 3.63) is 73.1 Å². The molecule has 0 heterocycles. The summed E-state index contributed by atoms with van der Waals surface area (Å²) in [5.41, 5.74) is 5.35. The number of carbonyl (C=O) groups is 1. The van der Waals surface area contributed by atoms with Gasteiger partial charge in [0.1, 0.15) is 6.61 Å². The summed E-state index contributed by atoms with van der Waals surface area (Å²) in [5.74, 6) is -0.398. The average molecular weight is 722 g/mol. The van der Waals surface area contributed by atoms with Gasteiger partial charge in [-0.05, 0) is 89.5 Å². The Morgan fingerprint density at radius 1 is 0.640 bits per heavy atom. The Morgan fingerprint density at radius 3 is 1.72 bits per heavy atom. The van der Waals surface area contributed by atoms with Gasteiger partial charge in [-0.2, -0.15) is 0 Å². The van der Waals surface area contributed by atoms with Crippen molar-refractivity contribution in [2.75, 3.05) is 26.4 Å². The van der Waals surface area contributed by atoms with Gasteiger partial charge in [0.2, 0.25) is 0 Å². The summed E-state index contributed by atoms with van der Waals surface area (Å²) in [6.45, 7) is 4.03. The molecule has 0 fully saturated rings.